The first-order valence-corrected chi connectivity index (χ1v) is 7.32. The third kappa shape index (κ3) is 3.24. The van der Waals surface area contributed by atoms with Crippen LogP contribution in [0.3, 0.4) is 0 Å². The largest absolute Gasteiger partial charge is 0.433 e. The van der Waals surface area contributed by atoms with Crippen molar-refractivity contribution in [2.45, 2.75) is 12.1 Å². The Balaban J connectivity index is 2.10. The van der Waals surface area contributed by atoms with Crippen molar-refractivity contribution >= 4 is 23.9 Å². The molecule has 2 atom stereocenters. The van der Waals surface area contributed by atoms with E-state index in [0.717, 1.165) is 29.4 Å². The monoisotopic (exact) mass is 354 g/mol. The number of rotatable bonds is 2. The lowest BCUT2D eigenvalue weighted by molar-refractivity contribution is -0.423. The van der Waals surface area contributed by atoms with Gasteiger partial charge in [0.15, 0.2) is 0 Å². The topological polar surface area (TPSA) is 132 Å². The van der Waals surface area contributed by atoms with E-state index in [2.05, 4.69) is 0 Å². The van der Waals surface area contributed by atoms with Crippen molar-refractivity contribution in [2.75, 3.05) is 26.2 Å². The van der Waals surface area contributed by atoms with Gasteiger partial charge in [0.05, 0.1) is 13.2 Å². The molecule has 0 bridgehead atoms. The van der Waals surface area contributed by atoms with E-state index < -0.39 is 36.0 Å². The molecule has 1 spiro atoms. The van der Waals surface area contributed by atoms with E-state index in [1.165, 1.54) is 4.90 Å². The fraction of sp³-hybridized carbons (Fsp3) is 0.429. The molecule has 11 nitrogen and oxygen atoms in total. The molecule has 0 amide bonds. The molecule has 11 heteroatoms. The van der Waals surface area contributed by atoms with Gasteiger partial charge in [0.2, 0.25) is 0 Å². The number of ether oxygens (including phenoxy) is 3. The summed E-state index contributed by atoms with van der Waals surface area (Å²) in [5, 5.41) is 10.1. The van der Waals surface area contributed by atoms with Crippen LogP contribution in [0, 0.1) is 0 Å². The molecule has 1 fully saturated rings. The van der Waals surface area contributed by atoms with Gasteiger partial charge in [-0.2, -0.15) is 0 Å². The zero-order valence-corrected chi connectivity index (χ0v) is 12.8. The van der Waals surface area contributed by atoms with Gasteiger partial charge in [-0.05, 0) is 0 Å². The lowest BCUT2D eigenvalue weighted by atomic mass is 10.2. The Morgan fingerprint density at radius 2 is 1.56 bits per heavy atom. The maximum atomic E-state index is 12.0. The van der Waals surface area contributed by atoms with E-state index in [1.807, 2.05) is 0 Å². The van der Waals surface area contributed by atoms with E-state index in [1.54, 1.807) is 0 Å². The molecule has 0 aromatic heterocycles. The minimum atomic E-state index is -2.34. The lowest BCUT2D eigenvalue weighted by Crippen LogP contribution is -2.73. The number of aliphatic hydroxyl groups is 1. The number of carbonyl (C=O) groups is 4. The summed E-state index contributed by atoms with van der Waals surface area (Å²) in [6.45, 7) is -0.161. The number of hydrogen-bond donors (Lipinski definition) is 1. The minimum Gasteiger partial charge on any atom is -0.433 e. The smallest absolute Gasteiger partial charge is 0.405 e. The zero-order valence-electron chi connectivity index (χ0n) is 12.8. The number of hydrogen-bond acceptors (Lipinski definition) is 11. The molecule has 1 N–H and O–H groups in total. The number of hydroxylamine groups is 2. The number of carbonyl (C=O) groups excluding carboxylic acids is 4. The summed E-state index contributed by atoms with van der Waals surface area (Å²) >= 11 is 0. The third-order valence-electron chi connectivity index (χ3n) is 3.60. The Kier molecular flexibility index (Phi) is 4.53. The van der Waals surface area contributed by atoms with E-state index >= 15 is 0 Å². The predicted octanol–water partition coefficient (Wildman–Crippen LogP) is -2.20. The van der Waals surface area contributed by atoms with Crippen LogP contribution in [0.5, 0.6) is 0 Å². The third-order valence-corrected chi connectivity index (χ3v) is 3.60. The van der Waals surface area contributed by atoms with Gasteiger partial charge in [-0.1, -0.05) is 5.06 Å². The standard InChI is InChI=1S/C14H14N2O9/c17-8-7-15-5-6-16-14(24-11(20)3-4-12(21)25-16)13(15)22-9(18)1-2-10(19)23-14/h1-4,13,17H,5-8H2/b2-1-,4-3-. The summed E-state index contributed by atoms with van der Waals surface area (Å²) in [5.74, 6) is -6.16. The van der Waals surface area contributed by atoms with Gasteiger partial charge in [0, 0.05) is 37.4 Å². The van der Waals surface area contributed by atoms with Gasteiger partial charge in [-0.15, -0.1) is 0 Å². The molecule has 1 saturated heterocycles. The van der Waals surface area contributed by atoms with E-state index in [-0.39, 0.29) is 26.2 Å². The van der Waals surface area contributed by atoms with Crippen molar-refractivity contribution in [3.05, 3.63) is 24.3 Å². The normalized spacial score (nSPS) is 33.1. The van der Waals surface area contributed by atoms with Crippen LogP contribution < -0.4 is 0 Å². The van der Waals surface area contributed by atoms with Crippen LogP contribution in [0.25, 0.3) is 0 Å². The first-order chi connectivity index (χ1) is 11.9. The van der Waals surface area contributed by atoms with Crippen LogP contribution in [-0.4, -0.2) is 77.3 Å². The molecule has 0 aromatic rings. The number of esters is 3. The molecule has 2 unspecified atom stereocenters. The molecule has 3 heterocycles. The van der Waals surface area contributed by atoms with Gasteiger partial charge in [0.1, 0.15) is 0 Å². The molecule has 0 radical (unpaired) electrons. The molecule has 3 rings (SSSR count). The van der Waals surface area contributed by atoms with Crippen LogP contribution in [-0.2, 0) is 38.2 Å². The maximum Gasteiger partial charge on any atom is 0.405 e. The Bertz CT molecular complexity index is 661. The van der Waals surface area contributed by atoms with Gasteiger partial charge < -0.3 is 24.2 Å². The quantitative estimate of drug-likeness (QED) is 0.542. The van der Waals surface area contributed by atoms with Crippen molar-refractivity contribution in [3.63, 3.8) is 0 Å². The number of piperazine rings is 1. The Hall–Kier alpha value is -2.76. The number of β-amino-alcohol motifs (C(OH)–C–C–N with tert-alkyl or cyclic N) is 1. The van der Waals surface area contributed by atoms with Gasteiger partial charge in [-0.3, -0.25) is 4.90 Å². The predicted molar refractivity (Wildman–Crippen MR) is 74.5 cm³/mol. The fourth-order valence-electron chi connectivity index (χ4n) is 2.60. The molecule has 134 valence electrons. The van der Waals surface area contributed by atoms with E-state index in [0.29, 0.717) is 0 Å². The van der Waals surface area contributed by atoms with Crippen LogP contribution in [0.1, 0.15) is 0 Å². The SMILES string of the molecule is O=C1/C=C\C(=O)OC23OC(=O)/C=C\C(=O)ON2CCN(CCO)C3O1. The highest BCUT2D eigenvalue weighted by Crippen LogP contribution is 2.34. The molecular weight excluding hydrogens is 340 g/mol. The van der Waals surface area contributed by atoms with Crippen LogP contribution >= 0.6 is 0 Å². The first-order valence-electron chi connectivity index (χ1n) is 7.32. The zero-order chi connectivity index (χ0) is 18.0. The highest BCUT2D eigenvalue weighted by Gasteiger charge is 2.62. The van der Waals surface area contributed by atoms with Crippen LogP contribution in [0.2, 0.25) is 0 Å². The van der Waals surface area contributed by atoms with Crippen molar-refractivity contribution in [3.8, 4) is 0 Å². The molecule has 0 aliphatic carbocycles. The highest BCUT2D eigenvalue weighted by atomic mass is 16.9. The Labute approximate surface area is 140 Å². The summed E-state index contributed by atoms with van der Waals surface area (Å²) < 4.78 is 15.6. The second kappa shape index (κ2) is 6.63. The highest BCUT2D eigenvalue weighted by molar-refractivity contribution is 5.94. The lowest BCUT2D eigenvalue weighted by Gasteiger charge is -2.50. The summed E-state index contributed by atoms with van der Waals surface area (Å²) in [6.07, 6.45) is 1.82. The second-order valence-corrected chi connectivity index (χ2v) is 5.20. The number of aliphatic hydroxyl groups excluding tert-OH is 1. The average molecular weight is 354 g/mol. The van der Waals surface area contributed by atoms with Crippen LogP contribution in [0.4, 0.5) is 0 Å². The molecule has 3 aliphatic rings. The van der Waals surface area contributed by atoms with Gasteiger partial charge >= 0.3 is 29.8 Å². The maximum absolute atomic E-state index is 12.0. The van der Waals surface area contributed by atoms with Crippen molar-refractivity contribution in [1.29, 1.82) is 0 Å². The summed E-state index contributed by atoms with van der Waals surface area (Å²) in [7, 11) is 0. The Morgan fingerprint density at radius 1 is 0.960 bits per heavy atom. The second-order valence-electron chi connectivity index (χ2n) is 5.20. The molecule has 0 saturated carbocycles. The van der Waals surface area contributed by atoms with Crippen molar-refractivity contribution in [2.24, 2.45) is 0 Å². The molecule has 25 heavy (non-hydrogen) atoms. The summed E-state index contributed by atoms with van der Waals surface area (Å²) in [6, 6.07) is 0. The van der Waals surface area contributed by atoms with Crippen molar-refractivity contribution < 1.29 is 43.3 Å². The van der Waals surface area contributed by atoms with Gasteiger partial charge in [-0.25, -0.2) is 19.2 Å². The average Bonchev–Trinajstić information content (AvgIpc) is 2.55. The molecule has 0 aromatic carbocycles. The Morgan fingerprint density at radius 3 is 2.20 bits per heavy atom. The van der Waals surface area contributed by atoms with Crippen molar-refractivity contribution in [1.82, 2.24) is 9.96 Å². The molecular formula is C14H14N2O9. The fourth-order valence-corrected chi connectivity index (χ4v) is 2.60. The van der Waals surface area contributed by atoms with Gasteiger partial charge in [0.25, 0.3) is 6.23 Å². The molecule has 3 aliphatic heterocycles. The first kappa shape index (κ1) is 17.1. The van der Waals surface area contributed by atoms with Crippen LogP contribution in [0.15, 0.2) is 24.3 Å². The summed E-state index contributed by atoms with van der Waals surface area (Å²) in [5.41, 5.74) is 0. The summed E-state index contributed by atoms with van der Waals surface area (Å²) in [4.78, 5) is 54.0. The van der Waals surface area contributed by atoms with E-state index in [9.17, 15) is 24.3 Å². The van der Waals surface area contributed by atoms with E-state index in [4.69, 9.17) is 19.0 Å². The minimum absolute atomic E-state index is 0.0239. The number of nitrogens with zero attached hydrogens (tertiary/aromatic N) is 2.